The van der Waals surface area contributed by atoms with E-state index in [1.165, 1.54) is 24.3 Å². The molecule has 0 spiro atoms. The molecular weight excluding hydrogens is 242 g/mol. The van der Waals surface area contributed by atoms with Crippen LogP contribution in [0.25, 0.3) is 0 Å². The molecule has 0 N–H and O–H groups in total. The summed E-state index contributed by atoms with van der Waals surface area (Å²) in [6.45, 7) is 1.59. The van der Waals surface area contributed by atoms with Crippen molar-refractivity contribution < 1.29 is 12.7 Å². The van der Waals surface area contributed by atoms with Crippen molar-refractivity contribution in [2.45, 2.75) is 11.8 Å². The Morgan fingerprint density at radius 1 is 1.29 bits per heavy atom. The smallest absolute Gasteiger partial charge is 0.263 e. The number of hydrogen-bond acceptors (Lipinski definition) is 6. The Morgan fingerprint density at radius 3 is 2.41 bits per heavy atom. The van der Waals surface area contributed by atoms with Gasteiger partial charge in [-0.2, -0.15) is 18.9 Å². The Bertz CT molecular complexity index is 619. The number of benzene rings is 1. The van der Waals surface area contributed by atoms with E-state index >= 15 is 0 Å². The van der Waals surface area contributed by atoms with Gasteiger partial charge in [-0.15, -0.1) is 0 Å². The van der Waals surface area contributed by atoms with Crippen molar-refractivity contribution in [2.75, 3.05) is 0 Å². The zero-order chi connectivity index (χ0) is 12.9. The summed E-state index contributed by atoms with van der Waals surface area (Å²) in [6.07, 6.45) is 0. The van der Waals surface area contributed by atoms with Crippen LogP contribution in [-0.4, -0.2) is 14.1 Å². The van der Waals surface area contributed by atoms with Gasteiger partial charge in [-0.25, -0.2) is 0 Å². The third kappa shape index (κ3) is 3.03. The summed E-state index contributed by atoms with van der Waals surface area (Å²) in [7, 11) is -4.10. The molecule has 0 aliphatic rings. The molecule has 1 aromatic rings. The lowest BCUT2D eigenvalue weighted by Gasteiger charge is -2.03. The van der Waals surface area contributed by atoms with Crippen molar-refractivity contribution in [2.24, 2.45) is 5.16 Å². The molecule has 86 valence electrons. The summed E-state index contributed by atoms with van der Waals surface area (Å²) < 4.78 is 27.5. The van der Waals surface area contributed by atoms with Gasteiger partial charge < -0.3 is 0 Å². The molecule has 1 rings (SSSR count). The fourth-order valence-corrected chi connectivity index (χ4v) is 1.99. The molecule has 17 heavy (non-hydrogen) atoms. The Morgan fingerprint density at radius 2 is 1.88 bits per heavy atom. The SMILES string of the molecule is Cc1ccccc1S(=O)(=O)ON=C(C#N)C#N. The van der Waals surface area contributed by atoms with Gasteiger partial charge in [0.25, 0.3) is 5.71 Å². The van der Waals surface area contributed by atoms with Crippen LogP contribution >= 0.6 is 0 Å². The fourth-order valence-electron chi connectivity index (χ4n) is 1.03. The lowest BCUT2D eigenvalue weighted by atomic mass is 10.2. The lowest BCUT2D eigenvalue weighted by Crippen LogP contribution is -2.06. The summed E-state index contributed by atoms with van der Waals surface area (Å²) in [5, 5.41) is 19.7. The van der Waals surface area contributed by atoms with Crippen LogP contribution in [0.1, 0.15) is 5.56 Å². The van der Waals surface area contributed by atoms with E-state index in [-0.39, 0.29) is 4.90 Å². The second-order valence-electron chi connectivity index (χ2n) is 2.96. The van der Waals surface area contributed by atoms with Gasteiger partial charge in [0, 0.05) is 0 Å². The second kappa shape index (κ2) is 5.10. The Balaban J connectivity index is 3.09. The van der Waals surface area contributed by atoms with E-state index in [9.17, 15) is 8.42 Å². The topological polar surface area (TPSA) is 103 Å². The van der Waals surface area contributed by atoms with Gasteiger partial charge in [0.1, 0.15) is 17.0 Å². The van der Waals surface area contributed by atoms with E-state index in [4.69, 9.17) is 10.5 Å². The number of oxime groups is 1. The molecule has 7 heteroatoms. The fraction of sp³-hybridized carbons (Fsp3) is 0.100. The minimum atomic E-state index is -4.10. The van der Waals surface area contributed by atoms with Gasteiger partial charge >= 0.3 is 10.1 Å². The van der Waals surface area contributed by atoms with Crippen molar-refractivity contribution >= 4 is 15.8 Å². The van der Waals surface area contributed by atoms with Crippen molar-refractivity contribution in [1.29, 1.82) is 10.5 Å². The highest BCUT2D eigenvalue weighted by molar-refractivity contribution is 7.86. The largest absolute Gasteiger partial charge is 0.358 e. The first-order valence-electron chi connectivity index (χ1n) is 4.38. The van der Waals surface area contributed by atoms with E-state index in [2.05, 4.69) is 9.44 Å². The van der Waals surface area contributed by atoms with Crippen LogP contribution in [0, 0.1) is 29.6 Å². The molecule has 0 fully saturated rings. The average Bonchev–Trinajstić information content (AvgIpc) is 2.30. The highest BCUT2D eigenvalue weighted by Crippen LogP contribution is 2.16. The van der Waals surface area contributed by atoms with Crippen molar-refractivity contribution in [3.63, 3.8) is 0 Å². The summed E-state index contributed by atoms with van der Waals surface area (Å²) in [5.41, 5.74) is -0.180. The molecule has 0 unspecified atom stereocenters. The van der Waals surface area contributed by atoms with E-state index in [1.54, 1.807) is 19.1 Å². The molecule has 0 bridgehead atoms. The maximum Gasteiger partial charge on any atom is 0.358 e. The first-order valence-corrected chi connectivity index (χ1v) is 5.79. The number of aryl methyl sites for hydroxylation is 1. The van der Waals surface area contributed by atoms with Gasteiger partial charge in [0.05, 0.1) is 0 Å². The van der Waals surface area contributed by atoms with Crippen LogP contribution in [0.2, 0.25) is 0 Å². The maximum atomic E-state index is 11.6. The molecule has 0 aliphatic carbocycles. The maximum absolute atomic E-state index is 11.6. The van der Waals surface area contributed by atoms with Crippen LogP contribution in [0.4, 0.5) is 0 Å². The van der Waals surface area contributed by atoms with Crippen LogP contribution < -0.4 is 0 Å². The van der Waals surface area contributed by atoms with E-state index in [0.717, 1.165) is 0 Å². The highest BCUT2D eigenvalue weighted by Gasteiger charge is 2.18. The zero-order valence-electron chi connectivity index (χ0n) is 8.78. The summed E-state index contributed by atoms with van der Waals surface area (Å²) in [4.78, 5) is -0.0565. The van der Waals surface area contributed by atoms with Gasteiger partial charge in [0.2, 0.25) is 0 Å². The van der Waals surface area contributed by atoms with Crippen molar-refractivity contribution in [1.82, 2.24) is 0 Å². The van der Waals surface area contributed by atoms with E-state index in [0.29, 0.717) is 5.56 Å². The van der Waals surface area contributed by atoms with Crippen molar-refractivity contribution in [3.05, 3.63) is 29.8 Å². The zero-order valence-corrected chi connectivity index (χ0v) is 9.60. The third-order valence-corrected chi connectivity index (χ3v) is 3.07. The molecular formula is C10H7N3O3S. The predicted octanol–water partition coefficient (Wildman–Crippen LogP) is 1.10. The van der Waals surface area contributed by atoms with Crippen LogP contribution in [-0.2, 0) is 14.4 Å². The van der Waals surface area contributed by atoms with Crippen LogP contribution in [0.15, 0.2) is 34.3 Å². The molecule has 6 nitrogen and oxygen atoms in total. The van der Waals surface area contributed by atoms with E-state index in [1.807, 2.05) is 0 Å². The minimum Gasteiger partial charge on any atom is -0.263 e. The summed E-state index contributed by atoms with van der Waals surface area (Å²) in [5.74, 6) is 0. The predicted molar refractivity (Wildman–Crippen MR) is 58.1 cm³/mol. The Hall–Kier alpha value is -2.38. The average molecular weight is 249 g/mol. The number of nitrogens with zero attached hydrogens (tertiary/aromatic N) is 3. The molecule has 0 aliphatic heterocycles. The minimum absolute atomic E-state index is 0.0565. The summed E-state index contributed by atoms with van der Waals surface area (Å²) >= 11 is 0. The Kier molecular flexibility index (Phi) is 3.81. The number of hydrogen-bond donors (Lipinski definition) is 0. The number of rotatable bonds is 3. The van der Waals surface area contributed by atoms with Crippen LogP contribution in [0.3, 0.4) is 0 Å². The highest BCUT2D eigenvalue weighted by atomic mass is 32.2. The normalized spacial score (nSPS) is 9.82. The second-order valence-corrected chi connectivity index (χ2v) is 4.45. The molecule has 0 heterocycles. The molecule has 0 aromatic heterocycles. The van der Waals surface area contributed by atoms with Crippen molar-refractivity contribution in [3.8, 4) is 12.1 Å². The quantitative estimate of drug-likeness (QED) is 0.589. The third-order valence-electron chi connectivity index (χ3n) is 1.80. The molecule has 1 aromatic carbocycles. The standard InChI is InChI=1S/C10H7N3O3S/c1-8-4-2-3-5-10(8)17(14,15)16-13-9(6-11)7-12/h2-5H,1H3. The molecule has 0 saturated heterocycles. The monoisotopic (exact) mass is 249 g/mol. The van der Waals surface area contributed by atoms with E-state index < -0.39 is 15.8 Å². The summed E-state index contributed by atoms with van der Waals surface area (Å²) in [6, 6.07) is 8.92. The van der Waals surface area contributed by atoms with Crippen LogP contribution in [0.5, 0.6) is 0 Å². The van der Waals surface area contributed by atoms with Gasteiger partial charge in [-0.3, -0.25) is 4.28 Å². The van der Waals surface area contributed by atoms with Gasteiger partial charge in [-0.1, -0.05) is 18.2 Å². The first kappa shape index (κ1) is 12.7. The molecule has 0 atom stereocenters. The molecule has 0 amide bonds. The molecule has 0 radical (unpaired) electrons. The Labute approximate surface area is 98.5 Å². The first-order chi connectivity index (χ1) is 8.01. The van der Waals surface area contributed by atoms with Gasteiger partial charge in [0.15, 0.2) is 0 Å². The molecule has 0 saturated carbocycles. The lowest BCUT2D eigenvalue weighted by molar-refractivity contribution is 0.339. The van der Waals surface area contributed by atoms with Gasteiger partial charge in [-0.05, 0) is 23.7 Å². The number of nitriles is 2.